The molecule has 12 heavy (non-hydrogen) atoms. The Morgan fingerprint density at radius 3 is 2.50 bits per heavy atom. The van der Waals surface area contributed by atoms with E-state index in [4.69, 9.17) is 0 Å². The molecule has 0 radical (unpaired) electrons. The lowest BCUT2D eigenvalue weighted by atomic mass is 10.1. The molecule has 0 aliphatic carbocycles. The summed E-state index contributed by atoms with van der Waals surface area (Å²) in [6, 6.07) is 0. The Labute approximate surface area is 82.6 Å². The van der Waals surface area contributed by atoms with Crippen molar-refractivity contribution >= 4 is 21.6 Å². The lowest BCUT2D eigenvalue weighted by molar-refractivity contribution is 0.817. The van der Waals surface area contributed by atoms with Crippen molar-refractivity contribution in [2.24, 2.45) is 5.92 Å². The molecule has 1 aliphatic heterocycles. The van der Waals surface area contributed by atoms with Crippen LogP contribution < -0.4 is 0 Å². The van der Waals surface area contributed by atoms with Crippen LogP contribution in [0.4, 0.5) is 0 Å². The highest BCUT2D eigenvalue weighted by atomic mass is 33.1. The zero-order valence-electron chi connectivity index (χ0n) is 7.76. The van der Waals surface area contributed by atoms with Crippen LogP contribution in [-0.4, -0.2) is 0 Å². The molecule has 1 heterocycles. The summed E-state index contributed by atoms with van der Waals surface area (Å²) in [5, 5.41) is 0. The van der Waals surface area contributed by atoms with Gasteiger partial charge in [-0.3, -0.25) is 0 Å². The third kappa shape index (κ3) is 2.76. The van der Waals surface area contributed by atoms with E-state index >= 15 is 0 Å². The number of rotatable bonds is 1. The van der Waals surface area contributed by atoms with Crippen LogP contribution in [0.25, 0.3) is 0 Å². The molecular formula is C10H14S2. The van der Waals surface area contributed by atoms with Crippen molar-refractivity contribution in [3.63, 3.8) is 0 Å². The van der Waals surface area contributed by atoms with Crippen molar-refractivity contribution in [1.82, 2.24) is 0 Å². The topological polar surface area (TPSA) is 0 Å². The summed E-state index contributed by atoms with van der Waals surface area (Å²) in [5.74, 6) is 0.610. The SMILES string of the molecule is C=C1C=C(C)SSC(C(C)C)=C1. The summed E-state index contributed by atoms with van der Waals surface area (Å²) in [5.41, 5.74) is 1.12. The molecule has 0 aromatic heterocycles. The summed E-state index contributed by atoms with van der Waals surface area (Å²) in [6.45, 7) is 10.5. The lowest BCUT2D eigenvalue weighted by Gasteiger charge is -2.07. The average molecular weight is 198 g/mol. The van der Waals surface area contributed by atoms with E-state index in [1.54, 1.807) is 0 Å². The van der Waals surface area contributed by atoms with Crippen LogP contribution in [0.3, 0.4) is 0 Å². The molecule has 0 bridgehead atoms. The maximum atomic E-state index is 3.98. The van der Waals surface area contributed by atoms with Crippen molar-refractivity contribution < 1.29 is 0 Å². The van der Waals surface area contributed by atoms with Gasteiger partial charge in [-0.2, -0.15) is 0 Å². The van der Waals surface area contributed by atoms with E-state index in [0.29, 0.717) is 5.92 Å². The molecule has 0 aromatic carbocycles. The van der Waals surface area contributed by atoms with Gasteiger partial charge in [-0.05, 0) is 40.4 Å². The van der Waals surface area contributed by atoms with Gasteiger partial charge < -0.3 is 0 Å². The molecule has 2 heteroatoms. The highest BCUT2D eigenvalue weighted by molar-refractivity contribution is 8.79. The monoisotopic (exact) mass is 198 g/mol. The van der Waals surface area contributed by atoms with E-state index in [0.717, 1.165) is 5.57 Å². The van der Waals surface area contributed by atoms with Gasteiger partial charge in [-0.25, -0.2) is 0 Å². The van der Waals surface area contributed by atoms with Crippen LogP contribution in [0.2, 0.25) is 0 Å². The summed E-state index contributed by atoms with van der Waals surface area (Å²) < 4.78 is 0. The second-order valence-corrected chi connectivity index (χ2v) is 5.65. The Kier molecular flexibility index (Phi) is 3.53. The first-order valence-corrected chi connectivity index (χ1v) is 6.18. The van der Waals surface area contributed by atoms with Crippen LogP contribution in [-0.2, 0) is 0 Å². The first kappa shape index (κ1) is 10.0. The first-order valence-electron chi connectivity index (χ1n) is 4.03. The predicted octanol–water partition coefficient (Wildman–Crippen LogP) is 4.38. The van der Waals surface area contributed by atoms with Gasteiger partial charge in [-0.1, -0.05) is 42.0 Å². The average Bonchev–Trinajstić information content (AvgIpc) is 2.11. The molecule has 0 atom stereocenters. The van der Waals surface area contributed by atoms with Crippen molar-refractivity contribution in [2.75, 3.05) is 0 Å². The van der Waals surface area contributed by atoms with E-state index in [1.165, 1.54) is 9.81 Å². The van der Waals surface area contributed by atoms with Gasteiger partial charge in [0.2, 0.25) is 0 Å². The van der Waals surface area contributed by atoms with Crippen molar-refractivity contribution in [3.8, 4) is 0 Å². The van der Waals surface area contributed by atoms with Crippen molar-refractivity contribution in [3.05, 3.63) is 34.1 Å². The quantitative estimate of drug-likeness (QED) is 0.573. The Balaban J connectivity index is 2.80. The molecule has 0 amide bonds. The zero-order valence-corrected chi connectivity index (χ0v) is 9.39. The van der Waals surface area contributed by atoms with Gasteiger partial charge >= 0.3 is 0 Å². The molecule has 0 unspecified atom stereocenters. The Morgan fingerprint density at radius 1 is 1.25 bits per heavy atom. The standard InChI is InChI=1S/C10H14S2/c1-7(2)10-6-8(3)5-9(4)11-12-10/h5-7H,3H2,1-2,4H3. The third-order valence-corrected chi connectivity index (χ3v) is 4.42. The van der Waals surface area contributed by atoms with E-state index in [2.05, 4.69) is 39.5 Å². The van der Waals surface area contributed by atoms with E-state index in [-0.39, 0.29) is 0 Å². The largest absolute Gasteiger partial charge is 0.0917 e. The zero-order chi connectivity index (χ0) is 9.14. The van der Waals surface area contributed by atoms with Crippen molar-refractivity contribution in [1.29, 1.82) is 0 Å². The van der Waals surface area contributed by atoms with Crippen LogP contribution in [0.1, 0.15) is 20.8 Å². The van der Waals surface area contributed by atoms with Gasteiger partial charge in [0.25, 0.3) is 0 Å². The molecule has 0 nitrogen and oxygen atoms in total. The minimum Gasteiger partial charge on any atom is -0.0917 e. The summed E-state index contributed by atoms with van der Waals surface area (Å²) in [4.78, 5) is 2.75. The van der Waals surface area contributed by atoms with Gasteiger partial charge in [0.05, 0.1) is 0 Å². The fourth-order valence-electron chi connectivity index (χ4n) is 0.910. The minimum absolute atomic E-state index is 0.610. The Bertz CT molecular complexity index is 247. The van der Waals surface area contributed by atoms with Crippen LogP contribution in [0, 0.1) is 5.92 Å². The fourth-order valence-corrected chi connectivity index (χ4v) is 3.28. The highest BCUT2D eigenvalue weighted by Crippen LogP contribution is 2.42. The second-order valence-electron chi connectivity index (χ2n) is 3.20. The lowest BCUT2D eigenvalue weighted by Crippen LogP contribution is -1.87. The van der Waals surface area contributed by atoms with Gasteiger partial charge in [0.15, 0.2) is 0 Å². The highest BCUT2D eigenvalue weighted by Gasteiger charge is 2.08. The van der Waals surface area contributed by atoms with Crippen molar-refractivity contribution in [2.45, 2.75) is 20.8 Å². The maximum Gasteiger partial charge on any atom is -0.000739 e. The van der Waals surface area contributed by atoms with Crippen LogP contribution in [0.5, 0.6) is 0 Å². The molecule has 0 spiro atoms. The van der Waals surface area contributed by atoms with Gasteiger partial charge in [0.1, 0.15) is 0 Å². The summed E-state index contributed by atoms with van der Waals surface area (Å²) in [7, 11) is 3.68. The molecule has 66 valence electrons. The van der Waals surface area contributed by atoms with Crippen LogP contribution >= 0.6 is 21.6 Å². The smallest absolute Gasteiger partial charge is 0.000739 e. The summed E-state index contributed by atoms with van der Waals surface area (Å²) >= 11 is 0. The number of allylic oxidation sites excluding steroid dienone is 5. The van der Waals surface area contributed by atoms with Gasteiger partial charge in [-0.15, -0.1) is 0 Å². The van der Waals surface area contributed by atoms with Crippen LogP contribution in [0.15, 0.2) is 34.1 Å². The normalized spacial score (nSPS) is 18.8. The van der Waals surface area contributed by atoms with E-state index in [1.807, 2.05) is 21.6 Å². The molecule has 0 N–H and O–H groups in total. The molecule has 0 saturated heterocycles. The molecule has 1 aliphatic rings. The number of hydrogen-bond donors (Lipinski definition) is 0. The molecule has 0 fully saturated rings. The Hall–Kier alpha value is -0.0800. The fraction of sp³-hybridized carbons (Fsp3) is 0.400. The second kappa shape index (κ2) is 4.24. The molecule has 0 aromatic rings. The molecule has 1 rings (SSSR count). The number of hydrogen-bond acceptors (Lipinski definition) is 2. The molecular weight excluding hydrogens is 184 g/mol. The first-order chi connectivity index (χ1) is 5.59. The van der Waals surface area contributed by atoms with E-state index in [9.17, 15) is 0 Å². The molecule has 0 saturated carbocycles. The van der Waals surface area contributed by atoms with E-state index < -0.39 is 0 Å². The minimum atomic E-state index is 0.610. The predicted molar refractivity (Wildman–Crippen MR) is 61.0 cm³/mol. The van der Waals surface area contributed by atoms with Gasteiger partial charge in [0, 0.05) is 0 Å². The third-order valence-electron chi connectivity index (χ3n) is 1.55. The summed E-state index contributed by atoms with van der Waals surface area (Å²) in [6.07, 6.45) is 4.31. The Morgan fingerprint density at radius 2 is 1.92 bits per heavy atom. The maximum absolute atomic E-state index is 3.98.